The van der Waals surface area contributed by atoms with Gasteiger partial charge < -0.3 is 10.4 Å². The summed E-state index contributed by atoms with van der Waals surface area (Å²) in [6.07, 6.45) is -0.483. The molecule has 0 fully saturated rings. The second-order valence-corrected chi connectivity index (χ2v) is 2.85. The van der Waals surface area contributed by atoms with E-state index in [1.165, 1.54) is 0 Å². The number of benzene rings is 1. The molecule has 12 heavy (non-hydrogen) atoms. The Balaban J connectivity index is 2.71. The van der Waals surface area contributed by atoms with E-state index >= 15 is 0 Å². The van der Waals surface area contributed by atoms with Crippen molar-refractivity contribution < 1.29 is 5.11 Å². The Morgan fingerprint density at radius 2 is 1.92 bits per heavy atom. The predicted molar refractivity (Wildman–Crippen MR) is 49.4 cm³/mol. The van der Waals surface area contributed by atoms with Crippen molar-refractivity contribution in [3.63, 3.8) is 0 Å². The minimum atomic E-state index is -0.483. The van der Waals surface area contributed by atoms with Crippen molar-refractivity contribution in [3.05, 3.63) is 42.9 Å². The molecule has 2 heteroatoms. The molecule has 0 aliphatic rings. The maximum Gasteiger partial charge on any atom is 0.0940 e. The summed E-state index contributed by atoms with van der Waals surface area (Å²) in [6.45, 7) is 1.89. The number of aliphatic hydroxyl groups is 1. The largest absolute Gasteiger partial charge is 0.387 e. The van der Waals surface area contributed by atoms with Crippen LogP contribution in [0.1, 0.15) is 18.6 Å². The van der Waals surface area contributed by atoms with E-state index in [9.17, 15) is 5.11 Å². The first-order valence-corrected chi connectivity index (χ1v) is 4.01. The van der Waals surface area contributed by atoms with Gasteiger partial charge in [-0.15, -0.1) is 0 Å². The van der Waals surface area contributed by atoms with E-state index in [0.29, 0.717) is 0 Å². The smallest absolute Gasteiger partial charge is 0.0940 e. The summed E-state index contributed by atoms with van der Waals surface area (Å²) in [7, 11) is 3.52. The van der Waals surface area contributed by atoms with Crippen molar-refractivity contribution >= 4 is 0 Å². The van der Waals surface area contributed by atoms with Gasteiger partial charge in [0.25, 0.3) is 0 Å². The van der Waals surface area contributed by atoms with Crippen molar-refractivity contribution in [2.45, 2.75) is 19.1 Å². The quantitative estimate of drug-likeness (QED) is 0.709. The number of hydrogen-bond donors (Lipinski definition) is 2. The van der Waals surface area contributed by atoms with Crippen molar-refractivity contribution in [1.29, 1.82) is 0 Å². The van der Waals surface area contributed by atoms with Crippen molar-refractivity contribution in [2.24, 2.45) is 0 Å². The van der Waals surface area contributed by atoms with Crippen molar-refractivity contribution in [3.8, 4) is 0 Å². The van der Waals surface area contributed by atoms with Gasteiger partial charge >= 0.3 is 0 Å². The summed E-state index contributed by atoms with van der Waals surface area (Å²) in [5.41, 5.74) is 0.918. The van der Waals surface area contributed by atoms with Gasteiger partial charge in [0.15, 0.2) is 0 Å². The molecule has 0 aromatic heterocycles. The third-order valence-corrected chi connectivity index (χ3v) is 1.94. The van der Waals surface area contributed by atoms with Crippen molar-refractivity contribution in [2.75, 3.05) is 0 Å². The molecule has 1 aromatic rings. The van der Waals surface area contributed by atoms with Crippen molar-refractivity contribution in [1.82, 2.24) is 5.32 Å². The van der Waals surface area contributed by atoms with Gasteiger partial charge in [-0.3, -0.25) is 0 Å². The molecule has 0 bridgehead atoms. The predicted octanol–water partition coefficient (Wildman–Crippen LogP) is 1.49. The normalized spacial score (nSPS) is 15.6. The summed E-state index contributed by atoms with van der Waals surface area (Å²) < 4.78 is 0. The molecule has 2 nitrogen and oxygen atoms in total. The highest BCUT2D eigenvalue weighted by Crippen LogP contribution is 2.15. The number of aliphatic hydroxyl groups excluding tert-OH is 1. The summed E-state index contributed by atoms with van der Waals surface area (Å²) in [5, 5.41) is 12.4. The molecular formula is C10H14NO. The lowest BCUT2D eigenvalue weighted by molar-refractivity contribution is 0.142. The van der Waals surface area contributed by atoms with Crippen LogP contribution >= 0.6 is 0 Å². The second kappa shape index (κ2) is 4.24. The summed E-state index contributed by atoms with van der Waals surface area (Å²) >= 11 is 0. The fraction of sp³-hybridized carbons (Fsp3) is 0.300. The fourth-order valence-electron chi connectivity index (χ4n) is 1.05. The topological polar surface area (TPSA) is 32.3 Å². The van der Waals surface area contributed by atoms with Crippen LogP contribution in [-0.4, -0.2) is 11.1 Å². The molecule has 0 saturated carbocycles. The van der Waals surface area contributed by atoms with Gasteiger partial charge in [0.05, 0.1) is 6.10 Å². The van der Waals surface area contributed by atoms with Crippen LogP contribution in [0.15, 0.2) is 30.3 Å². The minimum absolute atomic E-state index is 0.0209. The van der Waals surface area contributed by atoms with E-state index in [2.05, 4.69) is 12.4 Å². The zero-order valence-corrected chi connectivity index (χ0v) is 7.20. The number of nitrogens with one attached hydrogen (secondary N) is 1. The molecule has 2 unspecified atom stereocenters. The standard InChI is InChI=1S/C10H14NO/c1-8(11-2)10(12)9-6-4-3-5-7-9/h3-8,10-12H,2H2,1H3. The molecule has 1 radical (unpaired) electrons. The van der Waals surface area contributed by atoms with E-state index in [4.69, 9.17) is 0 Å². The van der Waals surface area contributed by atoms with Crippen LogP contribution < -0.4 is 5.32 Å². The Kier molecular flexibility index (Phi) is 3.26. The molecule has 2 atom stereocenters. The maximum atomic E-state index is 9.69. The molecule has 0 saturated heterocycles. The number of hydrogen-bond acceptors (Lipinski definition) is 2. The average Bonchev–Trinajstić information content (AvgIpc) is 2.17. The van der Waals surface area contributed by atoms with Gasteiger partial charge in [-0.1, -0.05) is 30.3 Å². The minimum Gasteiger partial charge on any atom is -0.387 e. The first kappa shape index (κ1) is 9.23. The zero-order chi connectivity index (χ0) is 8.97. The summed E-state index contributed by atoms with van der Waals surface area (Å²) in [6, 6.07) is 9.53. The van der Waals surface area contributed by atoms with Gasteiger partial charge in [0.1, 0.15) is 0 Å². The SMILES string of the molecule is [CH2]NC(C)C(O)c1ccccc1. The Labute approximate surface area is 73.2 Å². The number of rotatable bonds is 3. The molecule has 0 spiro atoms. The maximum absolute atomic E-state index is 9.69. The van der Waals surface area contributed by atoms with Gasteiger partial charge in [-0.2, -0.15) is 0 Å². The lowest BCUT2D eigenvalue weighted by Crippen LogP contribution is -2.27. The first-order valence-electron chi connectivity index (χ1n) is 4.01. The Morgan fingerprint density at radius 3 is 2.42 bits per heavy atom. The van der Waals surface area contributed by atoms with Crippen LogP contribution in [0.2, 0.25) is 0 Å². The first-order chi connectivity index (χ1) is 5.75. The van der Waals surface area contributed by atoms with Gasteiger partial charge in [-0.25, -0.2) is 0 Å². The summed E-state index contributed by atoms with van der Waals surface area (Å²) in [4.78, 5) is 0. The Morgan fingerprint density at radius 1 is 1.33 bits per heavy atom. The molecule has 65 valence electrons. The highest BCUT2D eigenvalue weighted by atomic mass is 16.3. The Bertz CT molecular complexity index is 223. The van der Waals surface area contributed by atoms with E-state index in [1.54, 1.807) is 0 Å². The van der Waals surface area contributed by atoms with Crippen LogP contribution in [-0.2, 0) is 0 Å². The lowest BCUT2D eigenvalue weighted by atomic mass is 10.0. The lowest BCUT2D eigenvalue weighted by Gasteiger charge is -2.17. The highest BCUT2D eigenvalue weighted by molar-refractivity contribution is 5.18. The monoisotopic (exact) mass is 164 g/mol. The average molecular weight is 164 g/mol. The second-order valence-electron chi connectivity index (χ2n) is 2.85. The highest BCUT2D eigenvalue weighted by Gasteiger charge is 2.12. The van der Waals surface area contributed by atoms with Crippen LogP contribution in [0.4, 0.5) is 0 Å². The van der Waals surface area contributed by atoms with Gasteiger partial charge in [0, 0.05) is 13.1 Å². The third kappa shape index (κ3) is 2.06. The van der Waals surface area contributed by atoms with Crippen LogP contribution in [0.25, 0.3) is 0 Å². The molecule has 2 N–H and O–H groups in total. The molecular weight excluding hydrogens is 150 g/mol. The third-order valence-electron chi connectivity index (χ3n) is 1.94. The molecule has 0 amide bonds. The van der Waals surface area contributed by atoms with E-state index in [1.807, 2.05) is 37.3 Å². The molecule has 0 aliphatic heterocycles. The zero-order valence-electron chi connectivity index (χ0n) is 7.20. The van der Waals surface area contributed by atoms with Crippen LogP contribution in [0, 0.1) is 7.05 Å². The fourth-order valence-corrected chi connectivity index (χ4v) is 1.05. The van der Waals surface area contributed by atoms with Crippen LogP contribution in [0.3, 0.4) is 0 Å². The molecule has 0 aliphatic carbocycles. The van der Waals surface area contributed by atoms with Gasteiger partial charge in [-0.05, 0) is 12.5 Å². The Hall–Kier alpha value is -0.860. The molecule has 0 heterocycles. The van der Waals surface area contributed by atoms with Crippen LogP contribution in [0.5, 0.6) is 0 Å². The van der Waals surface area contributed by atoms with E-state index in [-0.39, 0.29) is 6.04 Å². The molecule has 1 aromatic carbocycles. The van der Waals surface area contributed by atoms with E-state index in [0.717, 1.165) is 5.56 Å². The summed E-state index contributed by atoms with van der Waals surface area (Å²) in [5.74, 6) is 0. The molecule has 1 rings (SSSR count). The van der Waals surface area contributed by atoms with Gasteiger partial charge in [0.2, 0.25) is 0 Å². The van der Waals surface area contributed by atoms with E-state index < -0.39 is 6.10 Å².